The highest BCUT2D eigenvalue weighted by atomic mass is 15.2. The largest absolute Gasteiger partial charge is 0.296 e. The van der Waals surface area contributed by atoms with Crippen molar-refractivity contribution >= 4 is 0 Å². The van der Waals surface area contributed by atoms with Crippen LogP contribution in [0.15, 0.2) is 25.3 Å². The van der Waals surface area contributed by atoms with Crippen molar-refractivity contribution in [1.82, 2.24) is 9.80 Å². The minimum atomic E-state index is 0.287. The molecule has 126 valence electrons. The summed E-state index contributed by atoms with van der Waals surface area (Å²) in [6, 6.07) is 4.97. The third-order valence-corrected chi connectivity index (χ3v) is 4.61. The van der Waals surface area contributed by atoms with E-state index < -0.39 is 0 Å². The molecule has 2 atom stereocenters. The van der Waals surface area contributed by atoms with Crippen LogP contribution in [-0.2, 0) is 0 Å². The molecule has 23 heavy (non-hydrogen) atoms. The maximum atomic E-state index is 8.57. The molecule has 0 aromatic carbocycles. The number of nitriles is 2. The summed E-state index contributed by atoms with van der Waals surface area (Å²) in [6.45, 7) is 12.0. The lowest BCUT2D eigenvalue weighted by molar-refractivity contribution is 0.193. The number of nitrogens with zero attached hydrogens (tertiary/aromatic N) is 4. The number of likely N-dealkylation sites (tertiary alicyclic amines) is 2. The van der Waals surface area contributed by atoms with Gasteiger partial charge in [0, 0.05) is 12.1 Å². The lowest BCUT2D eigenvalue weighted by Crippen LogP contribution is -2.37. The van der Waals surface area contributed by atoms with Gasteiger partial charge in [0.05, 0.1) is 25.0 Å². The zero-order valence-corrected chi connectivity index (χ0v) is 14.3. The fraction of sp³-hybridized carbons (Fsp3) is 0.684. The van der Waals surface area contributed by atoms with E-state index in [1.54, 1.807) is 0 Å². The number of rotatable bonds is 6. The van der Waals surface area contributed by atoms with Crippen molar-refractivity contribution < 1.29 is 0 Å². The minimum absolute atomic E-state index is 0.287. The van der Waals surface area contributed by atoms with E-state index in [-0.39, 0.29) is 6.04 Å². The Balaban J connectivity index is 0.000000231. The molecule has 2 fully saturated rings. The number of hydrogen-bond donors (Lipinski definition) is 0. The molecule has 0 aliphatic carbocycles. The van der Waals surface area contributed by atoms with E-state index in [4.69, 9.17) is 10.5 Å². The smallest absolute Gasteiger partial charge is 0.0641 e. The second-order valence-electron chi connectivity index (χ2n) is 6.17. The first kappa shape index (κ1) is 19.4. The van der Waals surface area contributed by atoms with E-state index in [9.17, 15) is 0 Å². The Labute approximate surface area is 141 Å². The molecule has 2 heterocycles. The molecule has 2 saturated heterocycles. The molecule has 0 aromatic rings. The topological polar surface area (TPSA) is 54.1 Å². The Kier molecular flexibility index (Phi) is 10.0. The summed E-state index contributed by atoms with van der Waals surface area (Å²) in [5, 5.41) is 17.1. The van der Waals surface area contributed by atoms with Gasteiger partial charge < -0.3 is 0 Å². The van der Waals surface area contributed by atoms with E-state index >= 15 is 0 Å². The van der Waals surface area contributed by atoms with Gasteiger partial charge in [0.25, 0.3) is 0 Å². The first-order valence-electron chi connectivity index (χ1n) is 8.74. The Hall–Kier alpha value is -1.62. The predicted octanol–water partition coefficient (Wildman–Crippen LogP) is 3.49. The van der Waals surface area contributed by atoms with Crippen molar-refractivity contribution in [3.63, 3.8) is 0 Å². The molecule has 0 radical (unpaired) electrons. The van der Waals surface area contributed by atoms with Crippen LogP contribution in [-0.4, -0.2) is 48.1 Å². The molecule has 4 nitrogen and oxygen atoms in total. The molecule has 0 saturated carbocycles. The third-order valence-electron chi connectivity index (χ3n) is 4.61. The Morgan fingerprint density at radius 1 is 0.739 bits per heavy atom. The molecule has 0 spiro atoms. The summed E-state index contributed by atoms with van der Waals surface area (Å²) in [5.41, 5.74) is 0. The van der Waals surface area contributed by atoms with Crippen LogP contribution in [0.3, 0.4) is 0 Å². The molecule has 2 rings (SSSR count). The summed E-state index contributed by atoms with van der Waals surface area (Å²) in [6.07, 6.45) is 11.4. The van der Waals surface area contributed by atoms with Crippen LogP contribution in [0.25, 0.3) is 0 Å². The molecular weight excluding hydrogens is 284 g/mol. The maximum absolute atomic E-state index is 8.57. The summed E-state index contributed by atoms with van der Waals surface area (Å²) in [5.74, 6) is 0. The average molecular weight is 314 g/mol. The van der Waals surface area contributed by atoms with Gasteiger partial charge in [-0.1, -0.05) is 18.6 Å². The normalized spacial score (nSPS) is 21.1. The highest BCUT2D eigenvalue weighted by Gasteiger charge is 2.18. The van der Waals surface area contributed by atoms with Gasteiger partial charge in [-0.2, -0.15) is 10.5 Å². The van der Waals surface area contributed by atoms with Crippen molar-refractivity contribution in [2.45, 2.75) is 57.0 Å². The average Bonchev–Trinajstić information content (AvgIpc) is 3.13. The van der Waals surface area contributed by atoms with Crippen molar-refractivity contribution in [2.75, 3.05) is 26.2 Å². The summed E-state index contributed by atoms with van der Waals surface area (Å²) < 4.78 is 0. The molecule has 2 unspecified atom stereocenters. The highest BCUT2D eigenvalue weighted by molar-refractivity contribution is 4.96. The molecular formula is C19H30N4. The minimum Gasteiger partial charge on any atom is -0.296 e. The molecule has 0 amide bonds. The Morgan fingerprint density at radius 3 is 1.39 bits per heavy atom. The van der Waals surface area contributed by atoms with Crippen LogP contribution in [0.4, 0.5) is 0 Å². The van der Waals surface area contributed by atoms with Crippen molar-refractivity contribution in [1.29, 1.82) is 10.5 Å². The van der Waals surface area contributed by atoms with Crippen molar-refractivity contribution in [2.24, 2.45) is 0 Å². The summed E-state index contributed by atoms with van der Waals surface area (Å²) >= 11 is 0. The van der Waals surface area contributed by atoms with Crippen LogP contribution in [0, 0.1) is 22.7 Å². The molecule has 4 heteroatoms. The fourth-order valence-electron chi connectivity index (χ4n) is 3.23. The van der Waals surface area contributed by atoms with Gasteiger partial charge in [-0.25, -0.2) is 0 Å². The predicted molar refractivity (Wildman–Crippen MR) is 94.7 cm³/mol. The van der Waals surface area contributed by atoms with Gasteiger partial charge in [0.1, 0.15) is 0 Å². The zero-order chi connectivity index (χ0) is 16.9. The summed E-state index contributed by atoms with van der Waals surface area (Å²) in [7, 11) is 0. The van der Waals surface area contributed by atoms with Crippen LogP contribution in [0.2, 0.25) is 0 Å². The van der Waals surface area contributed by atoms with Crippen molar-refractivity contribution in [3.05, 3.63) is 25.3 Å². The van der Waals surface area contributed by atoms with Gasteiger partial charge >= 0.3 is 0 Å². The van der Waals surface area contributed by atoms with E-state index in [1.807, 2.05) is 12.2 Å². The van der Waals surface area contributed by atoms with Gasteiger partial charge in [0.15, 0.2) is 0 Å². The number of hydrogen-bond acceptors (Lipinski definition) is 4. The van der Waals surface area contributed by atoms with Gasteiger partial charge in [0.2, 0.25) is 0 Å². The van der Waals surface area contributed by atoms with E-state index in [0.29, 0.717) is 18.9 Å². The molecule has 0 N–H and O–H groups in total. The van der Waals surface area contributed by atoms with Gasteiger partial charge in [-0.05, 0) is 51.9 Å². The molecule has 0 aromatic heterocycles. The standard InChI is InChI=1S/C10H16N2.C9H14N2/c1-2-10(6-7-11)12-8-4-3-5-9-12;1-2-9(5-6-10)11-7-3-4-8-11/h2,10H,1,3-6,8-9H2;2,9H,1,3-5,7-8H2. The van der Waals surface area contributed by atoms with Crippen molar-refractivity contribution in [3.8, 4) is 12.1 Å². The number of piperidine rings is 1. The Morgan fingerprint density at radius 2 is 1.09 bits per heavy atom. The molecule has 0 bridgehead atoms. The SMILES string of the molecule is C=CC(CC#N)N1CCCC1.C=CC(CC#N)N1CCCCC1. The van der Waals surface area contributed by atoms with Crippen LogP contribution in [0.5, 0.6) is 0 Å². The van der Waals surface area contributed by atoms with E-state index in [2.05, 4.69) is 35.1 Å². The maximum Gasteiger partial charge on any atom is 0.0641 e. The van der Waals surface area contributed by atoms with E-state index in [1.165, 1.54) is 32.1 Å². The first-order valence-corrected chi connectivity index (χ1v) is 8.74. The second-order valence-corrected chi connectivity index (χ2v) is 6.17. The van der Waals surface area contributed by atoms with Crippen LogP contribution in [0.1, 0.15) is 44.9 Å². The quantitative estimate of drug-likeness (QED) is 0.704. The fourth-order valence-corrected chi connectivity index (χ4v) is 3.23. The third kappa shape index (κ3) is 6.99. The first-order chi connectivity index (χ1) is 11.3. The lowest BCUT2D eigenvalue weighted by atomic mass is 10.1. The lowest BCUT2D eigenvalue weighted by Gasteiger charge is -2.31. The van der Waals surface area contributed by atoms with Gasteiger partial charge in [-0.15, -0.1) is 13.2 Å². The van der Waals surface area contributed by atoms with E-state index in [0.717, 1.165) is 26.2 Å². The van der Waals surface area contributed by atoms with Gasteiger partial charge in [-0.3, -0.25) is 9.80 Å². The second kappa shape index (κ2) is 11.9. The van der Waals surface area contributed by atoms with Crippen LogP contribution < -0.4 is 0 Å². The van der Waals surface area contributed by atoms with Crippen LogP contribution >= 0.6 is 0 Å². The summed E-state index contributed by atoms with van der Waals surface area (Å²) in [4.78, 5) is 4.69. The highest BCUT2D eigenvalue weighted by Crippen LogP contribution is 2.15. The zero-order valence-electron chi connectivity index (χ0n) is 14.3. The molecule has 2 aliphatic rings. The molecule has 2 aliphatic heterocycles. The monoisotopic (exact) mass is 314 g/mol. The Bertz CT molecular complexity index is 420.